The molecule has 0 unspecified atom stereocenters. The van der Waals surface area contributed by atoms with Gasteiger partial charge in [0.1, 0.15) is 11.2 Å². The van der Waals surface area contributed by atoms with Crippen molar-refractivity contribution < 1.29 is 4.42 Å². The summed E-state index contributed by atoms with van der Waals surface area (Å²) in [6.45, 7) is 4.96. The first-order valence-electron chi connectivity index (χ1n) is 21.0. The molecule has 1 heteroatoms. The Hall–Kier alpha value is -5.66. The zero-order valence-corrected chi connectivity index (χ0v) is 32.1. The van der Waals surface area contributed by atoms with Crippen molar-refractivity contribution in [1.82, 2.24) is 0 Å². The molecule has 6 aliphatic rings. The summed E-state index contributed by atoms with van der Waals surface area (Å²) >= 11 is 0. The Balaban J connectivity index is 0.993. The van der Waals surface area contributed by atoms with Crippen LogP contribution in [0.15, 0.2) is 150 Å². The van der Waals surface area contributed by atoms with Crippen molar-refractivity contribution >= 4 is 21.9 Å². The predicted molar refractivity (Wildman–Crippen MR) is 231 cm³/mol. The molecule has 1 nitrogen and oxygen atoms in total. The smallest absolute Gasteiger partial charge is 0.136 e. The molecule has 1 spiro atoms. The van der Waals surface area contributed by atoms with Gasteiger partial charge in [-0.05, 0) is 176 Å². The van der Waals surface area contributed by atoms with E-state index in [4.69, 9.17) is 4.42 Å². The fourth-order valence-electron chi connectivity index (χ4n) is 13.3. The number of furan rings is 1. The first-order valence-corrected chi connectivity index (χ1v) is 21.0. The van der Waals surface area contributed by atoms with Crippen LogP contribution >= 0.6 is 0 Å². The van der Waals surface area contributed by atoms with Crippen LogP contribution in [-0.2, 0) is 10.8 Å². The molecule has 14 rings (SSSR count). The predicted octanol–water partition coefficient (Wildman–Crippen LogP) is 14.6. The first-order chi connectivity index (χ1) is 27.4. The average molecular weight is 721 g/mol. The van der Waals surface area contributed by atoms with Gasteiger partial charge in [0.25, 0.3) is 0 Å². The van der Waals surface area contributed by atoms with Crippen molar-refractivity contribution in [3.8, 4) is 55.6 Å². The monoisotopic (exact) mass is 720 g/mol. The summed E-state index contributed by atoms with van der Waals surface area (Å²) < 4.78 is 6.37. The Morgan fingerprint density at radius 1 is 0.429 bits per heavy atom. The number of rotatable bonds is 3. The van der Waals surface area contributed by atoms with Crippen LogP contribution in [0, 0.1) is 23.7 Å². The van der Waals surface area contributed by atoms with Gasteiger partial charge in [0.05, 0.1) is 0 Å². The molecule has 0 N–H and O–H groups in total. The number of fused-ring (bicyclic) bond motifs is 10. The van der Waals surface area contributed by atoms with Gasteiger partial charge >= 0.3 is 0 Å². The van der Waals surface area contributed by atoms with E-state index in [-0.39, 0.29) is 10.8 Å². The highest BCUT2D eigenvalue weighted by Crippen LogP contribution is 2.72. The molecule has 0 amide bonds. The van der Waals surface area contributed by atoms with Gasteiger partial charge in [-0.2, -0.15) is 0 Å². The van der Waals surface area contributed by atoms with E-state index in [2.05, 4.69) is 153 Å². The zero-order chi connectivity index (χ0) is 36.9. The van der Waals surface area contributed by atoms with E-state index in [1.54, 1.807) is 16.7 Å². The third-order valence-electron chi connectivity index (χ3n) is 15.4. The highest BCUT2D eigenvalue weighted by atomic mass is 16.3. The maximum Gasteiger partial charge on any atom is 0.136 e. The van der Waals surface area contributed by atoms with Crippen LogP contribution in [0.5, 0.6) is 0 Å². The fraction of sp³-hybridized carbons (Fsp3) is 0.236. The normalized spacial score (nSPS) is 24.5. The van der Waals surface area contributed by atoms with Crippen LogP contribution in [-0.4, -0.2) is 0 Å². The fourth-order valence-corrected chi connectivity index (χ4v) is 13.3. The maximum absolute atomic E-state index is 6.37. The van der Waals surface area contributed by atoms with Crippen LogP contribution in [0.25, 0.3) is 77.6 Å². The largest absolute Gasteiger partial charge is 0.456 e. The lowest BCUT2D eigenvalue weighted by Crippen LogP contribution is -2.55. The minimum Gasteiger partial charge on any atom is -0.456 e. The molecule has 1 aromatic heterocycles. The van der Waals surface area contributed by atoms with E-state index in [1.165, 1.54) is 98.7 Å². The molecule has 4 fully saturated rings. The molecule has 0 saturated heterocycles. The molecular weight excluding hydrogens is 677 g/mol. The standard InChI is InChI=1S/C55H44O/c1-54(2)48-21-20-45-42-12-6-8-14-47(42)55(40-23-32-22-33(25-40)26-41(55)24-32)53(45)52(48)46-19-17-35(30-49(46)54)38-27-37(34-10-4-3-5-11-34)28-39(29-38)36-16-18-44-43-13-7-9-15-50(43)56-51(44)31-36/h3-21,27-33,40-41H,22-26H2,1-2H3. The van der Waals surface area contributed by atoms with Crippen molar-refractivity contribution in [3.63, 3.8) is 0 Å². The molecule has 7 aromatic carbocycles. The molecule has 0 aliphatic heterocycles. The molecule has 1 heterocycles. The Kier molecular flexibility index (Phi) is 6.20. The number of hydrogen-bond acceptors (Lipinski definition) is 1. The van der Waals surface area contributed by atoms with Gasteiger partial charge in [0.2, 0.25) is 0 Å². The van der Waals surface area contributed by atoms with Gasteiger partial charge in [-0.1, -0.05) is 117 Å². The van der Waals surface area contributed by atoms with E-state index >= 15 is 0 Å². The van der Waals surface area contributed by atoms with Gasteiger partial charge in [-0.15, -0.1) is 0 Å². The minimum absolute atomic E-state index is 0.107. The molecule has 4 saturated carbocycles. The van der Waals surface area contributed by atoms with E-state index in [0.29, 0.717) is 0 Å². The summed E-state index contributed by atoms with van der Waals surface area (Å²) in [6.07, 6.45) is 7.10. The lowest BCUT2D eigenvalue weighted by molar-refractivity contribution is -0.0397. The number of hydrogen-bond donors (Lipinski definition) is 0. The van der Waals surface area contributed by atoms with Gasteiger partial charge in [-0.3, -0.25) is 0 Å². The van der Waals surface area contributed by atoms with Crippen molar-refractivity contribution in [3.05, 3.63) is 168 Å². The number of para-hydroxylation sites is 1. The first kappa shape index (κ1) is 31.5. The summed E-state index contributed by atoms with van der Waals surface area (Å²) in [7, 11) is 0. The second-order valence-electron chi connectivity index (χ2n) is 18.5. The topological polar surface area (TPSA) is 13.1 Å². The van der Waals surface area contributed by atoms with Crippen molar-refractivity contribution in [2.75, 3.05) is 0 Å². The van der Waals surface area contributed by atoms with Crippen molar-refractivity contribution in [2.24, 2.45) is 23.7 Å². The van der Waals surface area contributed by atoms with E-state index in [9.17, 15) is 0 Å². The van der Waals surface area contributed by atoms with Crippen molar-refractivity contribution in [1.29, 1.82) is 0 Å². The lowest BCUT2D eigenvalue weighted by atomic mass is 9.42. The summed E-state index contributed by atoms with van der Waals surface area (Å²) in [4.78, 5) is 0. The lowest BCUT2D eigenvalue weighted by Gasteiger charge is -2.61. The zero-order valence-electron chi connectivity index (χ0n) is 32.1. The molecule has 0 atom stereocenters. The third kappa shape index (κ3) is 4.06. The maximum atomic E-state index is 6.37. The third-order valence-corrected chi connectivity index (χ3v) is 15.4. The molecule has 270 valence electrons. The second kappa shape index (κ2) is 11.0. The van der Waals surface area contributed by atoms with Crippen LogP contribution in [0.3, 0.4) is 0 Å². The molecule has 56 heavy (non-hydrogen) atoms. The SMILES string of the molecule is CC1(C)c2cc(-c3cc(-c4ccccc4)cc(-c4ccc5c(c4)oc4ccccc45)c3)ccc2-c2c1ccc1c2C2(c3ccccc3-1)C1CC3CC(C1)CC2C3. The van der Waals surface area contributed by atoms with Gasteiger partial charge in [0.15, 0.2) is 0 Å². The molecular formula is C55H44O. The number of benzene rings is 7. The van der Waals surface area contributed by atoms with Crippen molar-refractivity contribution in [2.45, 2.75) is 56.8 Å². The molecule has 6 aliphatic carbocycles. The molecule has 0 radical (unpaired) electrons. The highest BCUT2D eigenvalue weighted by Gasteiger charge is 2.63. The molecule has 4 bridgehead atoms. The Morgan fingerprint density at radius 3 is 1.84 bits per heavy atom. The molecule has 8 aromatic rings. The highest BCUT2D eigenvalue weighted by molar-refractivity contribution is 6.06. The van der Waals surface area contributed by atoms with Crippen LogP contribution in [0.4, 0.5) is 0 Å². The Bertz CT molecular complexity index is 2930. The second-order valence-corrected chi connectivity index (χ2v) is 18.5. The minimum atomic E-state index is -0.107. The summed E-state index contributed by atoms with van der Waals surface area (Å²) in [5.41, 5.74) is 21.6. The quantitative estimate of drug-likeness (QED) is 0.177. The average Bonchev–Trinajstić information content (AvgIpc) is 3.83. The summed E-state index contributed by atoms with van der Waals surface area (Å²) in [6, 6.07) is 55.1. The Labute approximate surface area is 329 Å². The summed E-state index contributed by atoms with van der Waals surface area (Å²) in [5.74, 6) is 3.35. The Morgan fingerprint density at radius 2 is 1.05 bits per heavy atom. The van der Waals surface area contributed by atoms with Gasteiger partial charge in [0, 0.05) is 21.6 Å². The van der Waals surface area contributed by atoms with E-state index in [0.717, 1.165) is 40.2 Å². The van der Waals surface area contributed by atoms with E-state index < -0.39 is 0 Å². The van der Waals surface area contributed by atoms with Crippen LogP contribution in [0.2, 0.25) is 0 Å². The van der Waals surface area contributed by atoms with Crippen LogP contribution < -0.4 is 0 Å². The van der Waals surface area contributed by atoms with Gasteiger partial charge < -0.3 is 4.42 Å². The van der Waals surface area contributed by atoms with E-state index in [1.807, 2.05) is 6.07 Å². The van der Waals surface area contributed by atoms with Gasteiger partial charge in [-0.25, -0.2) is 0 Å². The van der Waals surface area contributed by atoms with Crippen LogP contribution in [0.1, 0.15) is 68.2 Å². The summed E-state index contributed by atoms with van der Waals surface area (Å²) in [5, 5.41) is 2.33.